The van der Waals surface area contributed by atoms with Gasteiger partial charge in [-0.3, -0.25) is 9.10 Å². The molecule has 0 saturated carbocycles. The molecule has 2 N–H and O–H groups in total. The number of nitrogens with zero attached hydrogens (tertiary/aromatic N) is 1. The topological polar surface area (TPSA) is 86.7 Å². The van der Waals surface area contributed by atoms with E-state index in [2.05, 4.69) is 5.32 Å². The Morgan fingerprint density at radius 1 is 1.24 bits per heavy atom. The molecule has 0 aliphatic carbocycles. The molecule has 0 radical (unpaired) electrons. The SMILES string of the molecule is CC(=O)Nc1ccc(S(=O)(=O)N2CCC(O)c3cc(Cl)ccc32)cc1. The van der Waals surface area contributed by atoms with E-state index >= 15 is 0 Å². The lowest BCUT2D eigenvalue weighted by atomic mass is 10.0. The van der Waals surface area contributed by atoms with Crippen molar-refractivity contribution in [2.45, 2.75) is 24.3 Å². The fraction of sp³-hybridized carbons (Fsp3) is 0.235. The van der Waals surface area contributed by atoms with E-state index in [0.717, 1.165) is 0 Å². The molecule has 1 heterocycles. The molecule has 1 aliphatic heterocycles. The second kappa shape index (κ2) is 6.67. The number of hydrogen-bond donors (Lipinski definition) is 2. The van der Waals surface area contributed by atoms with Gasteiger partial charge in [0, 0.05) is 29.7 Å². The van der Waals surface area contributed by atoms with Crippen LogP contribution < -0.4 is 9.62 Å². The van der Waals surface area contributed by atoms with E-state index in [1.165, 1.54) is 35.5 Å². The molecule has 132 valence electrons. The average molecular weight is 381 g/mol. The maximum atomic E-state index is 13.0. The molecular formula is C17H17ClN2O4S. The normalized spacial score (nSPS) is 17.1. The van der Waals surface area contributed by atoms with Crippen LogP contribution in [0.15, 0.2) is 47.4 Å². The van der Waals surface area contributed by atoms with Gasteiger partial charge in [-0.05, 0) is 48.9 Å². The summed E-state index contributed by atoms with van der Waals surface area (Å²) in [7, 11) is -3.79. The zero-order chi connectivity index (χ0) is 18.2. The van der Waals surface area contributed by atoms with E-state index in [0.29, 0.717) is 22.0 Å². The first-order chi connectivity index (χ1) is 11.8. The zero-order valence-corrected chi connectivity index (χ0v) is 15.0. The first-order valence-corrected chi connectivity index (χ1v) is 9.49. The highest BCUT2D eigenvalue weighted by Crippen LogP contribution is 2.38. The molecule has 0 saturated heterocycles. The molecule has 6 nitrogen and oxygen atoms in total. The highest BCUT2D eigenvalue weighted by atomic mass is 35.5. The number of fused-ring (bicyclic) bond motifs is 1. The van der Waals surface area contributed by atoms with Crippen molar-refractivity contribution < 1.29 is 18.3 Å². The molecule has 1 amide bonds. The molecular weight excluding hydrogens is 364 g/mol. The highest BCUT2D eigenvalue weighted by molar-refractivity contribution is 7.92. The summed E-state index contributed by atoms with van der Waals surface area (Å²) < 4.78 is 27.3. The summed E-state index contributed by atoms with van der Waals surface area (Å²) in [4.78, 5) is 11.2. The summed E-state index contributed by atoms with van der Waals surface area (Å²) in [5, 5.41) is 13.2. The van der Waals surface area contributed by atoms with Gasteiger partial charge in [-0.1, -0.05) is 11.6 Å². The van der Waals surface area contributed by atoms with Crippen LogP contribution in [0.4, 0.5) is 11.4 Å². The fourth-order valence-electron chi connectivity index (χ4n) is 2.83. The van der Waals surface area contributed by atoms with Crippen molar-refractivity contribution in [2.24, 2.45) is 0 Å². The lowest BCUT2D eigenvalue weighted by Crippen LogP contribution is -2.36. The van der Waals surface area contributed by atoms with Crippen LogP contribution in [0, 0.1) is 0 Å². The number of rotatable bonds is 3. The monoisotopic (exact) mass is 380 g/mol. The average Bonchev–Trinajstić information content (AvgIpc) is 2.55. The Bertz CT molecular complexity index is 913. The third kappa shape index (κ3) is 3.49. The quantitative estimate of drug-likeness (QED) is 0.857. The molecule has 0 aromatic heterocycles. The first kappa shape index (κ1) is 17.7. The molecule has 3 rings (SSSR count). The number of halogens is 1. The Balaban J connectivity index is 1.98. The Labute approximate surface area is 151 Å². The Morgan fingerprint density at radius 2 is 1.92 bits per heavy atom. The van der Waals surface area contributed by atoms with Gasteiger partial charge in [0.1, 0.15) is 0 Å². The van der Waals surface area contributed by atoms with Gasteiger partial charge >= 0.3 is 0 Å². The molecule has 1 atom stereocenters. The molecule has 25 heavy (non-hydrogen) atoms. The third-order valence-corrected chi connectivity index (χ3v) is 6.05. The standard InChI is InChI=1S/C17H17ClN2O4S/c1-11(21)19-13-3-5-14(6-4-13)25(23,24)20-9-8-17(22)15-10-12(18)2-7-16(15)20/h2-7,10,17,22H,8-9H2,1H3,(H,19,21). The van der Waals surface area contributed by atoms with Crippen molar-refractivity contribution in [3.05, 3.63) is 53.1 Å². The number of carbonyl (C=O) groups is 1. The fourth-order valence-corrected chi connectivity index (χ4v) is 4.51. The van der Waals surface area contributed by atoms with Crippen molar-refractivity contribution in [2.75, 3.05) is 16.2 Å². The largest absolute Gasteiger partial charge is 0.388 e. The second-order valence-corrected chi connectivity index (χ2v) is 8.09. The van der Waals surface area contributed by atoms with Crippen molar-refractivity contribution in [3.63, 3.8) is 0 Å². The number of amides is 1. The number of aliphatic hydroxyl groups excluding tert-OH is 1. The summed E-state index contributed by atoms with van der Waals surface area (Å²) in [6.45, 7) is 1.55. The Morgan fingerprint density at radius 3 is 2.56 bits per heavy atom. The summed E-state index contributed by atoms with van der Waals surface area (Å²) in [6.07, 6.45) is -0.460. The van der Waals surface area contributed by atoms with Gasteiger partial charge in [-0.15, -0.1) is 0 Å². The maximum absolute atomic E-state index is 13.0. The second-order valence-electron chi connectivity index (χ2n) is 5.79. The van der Waals surface area contributed by atoms with Gasteiger partial charge in [0.25, 0.3) is 10.0 Å². The third-order valence-electron chi connectivity index (χ3n) is 3.99. The summed E-state index contributed by atoms with van der Waals surface area (Å²) >= 11 is 5.97. The van der Waals surface area contributed by atoms with Crippen LogP contribution in [0.1, 0.15) is 25.0 Å². The van der Waals surface area contributed by atoms with Gasteiger partial charge in [0.05, 0.1) is 16.7 Å². The molecule has 8 heteroatoms. The van der Waals surface area contributed by atoms with E-state index in [4.69, 9.17) is 11.6 Å². The van der Waals surface area contributed by atoms with E-state index < -0.39 is 16.1 Å². The maximum Gasteiger partial charge on any atom is 0.264 e. The number of benzene rings is 2. The van der Waals surface area contributed by atoms with Crippen molar-refractivity contribution in [3.8, 4) is 0 Å². The predicted octanol–water partition coefficient (Wildman–Crippen LogP) is 2.93. The predicted molar refractivity (Wildman–Crippen MR) is 96.3 cm³/mol. The van der Waals surface area contributed by atoms with Gasteiger partial charge < -0.3 is 10.4 Å². The smallest absolute Gasteiger partial charge is 0.264 e. The number of aliphatic hydroxyl groups is 1. The minimum absolute atomic E-state index is 0.110. The molecule has 0 spiro atoms. The van der Waals surface area contributed by atoms with Crippen LogP contribution in [0.3, 0.4) is 0 Å². The summed E-state index contributed by atoms with van der Waals surface area (Å²) in [5.41, 5.74) is 1.44. The van der Waals surface area contributed by atoms with Crippen LogP contribution in [0.2, 0.25) is 5.02 Å². The van der Waals surface area contributed by atoms with Crippen molar-refractivity contribution in [1.82, 2.24) is 0 Å². The number of nitrogens with one attached hydrogen (secondary N) is 1. The molecule has 1 aliphatic rings. The molecule has 0 fully saturated rings. The Kier molecular flexibility index (Phi) is 4.73. The number of hydrogen-bond acceptors (Lipinski definition) is 4. The lowest BCUT2D eigenvalue weighted by Gasteiger charge is -2.33. The first-order valence-electron chi connectivity index (χ1n) is 7.67. The van der Waals surface area contributed by atoms with Gasteiger partial charge in [0.15, 0.2) is 0 Å². The van der Waals surface area contributed by atoms with Crippen LogP contribution in [0.5, 0.6) is 0 Å². The van der Waals surface area contributed by atoms with E-state index in [1.807, 2.05) is 0 Å². The van der Waals surface area contributed by atoms with Crippen LogP contribution in [-0.2, 0) is 14.8 Å². The number of anilines is 2. The van der Waals surface area contributed by atoms with Crippen molar-refractivity contribution in [1.29, 1.82) is 0 Å². The van der Waals surface area contributed by atoms with E-state index in [1.54, 1.807) is 18.2 Å². The number of sulfonamides is 1. The van der Waals surface area contributed by atoms with Crippen LogP contribution in [-0.4, -0.2) is 26.0 Å². The highest BCUT2D eigenvalue weighted by Gasteiger charge is 2.32. The van der Waals surface area contributed by atoms with Crippen LogP contribution >= 0.6 is 11.6 Å². The minimum Gasteiger partial charge on any atom is -0.388 e. The molecule has 1 unspecified atom stereocenters. The van der Waals surface area contributed by atoms with E-state index in [-0.39, 0.29) is 23.8 Å². The zero-order valence-electron chi connectivity index (χ0n) is 13.4. The molecule has 2 aromatic rings. The minimum atomic E-state index is -3.79. The van der Waals surface area contributed by atoms with Crippen molar-refractivity contribution >= 4 is 38.9 Å². The number of carbonyl (C=O) groups excluding carboxylic acids is 1. The van der Waals surface area contributed by atoms with Gasteiger partial charge in [-0.2, -0.15) is 0 Å². The van der Waals surface area contributed by atoms with Gasteiger partial charge in [0.2, 0.25) is 5.91 Å². The molecule has 2 aromatic carbocycles. The summed E-state index contributed by atoms with van der Waals surface area (Å²) in [6, 6.07) is 10.8. The Hall–Kier alpha value is -2.09. The molecule has 0 bridgehead atoms. The van der Waals surface area contributed by atoms with Crippen LogP contribution in [0.25, 0.3) is 0 Å². The van der Waals surface area contributed by atoms with Gasteiger partial charge in [-0.25, -0.2) is 8.42 Å². The van der Waals surface area contributed by atoms with E-state index in [9.17, 15) is 18.3 Å². The summed E-state index contributed by atoms with van der Waals surface area (Å²) in [5.74, 6) is -0.230. The lowest BCUT2D eigenvalue weighted by molar-refractivity contribution is -0.114.